The lowest BCUT2D eigenvalue weighted by Crippen LogP contribution is -2.52. The highest BCUT2D eigenvalue weighted by Gasteiger charge is 2.40. The van der Waals surface area contributed by atoms with Crippen LogP contribution >= 0.6 is 0 Å². The second kappa shape index (κ2) is 10.5. The van der Waals surface area contributed by atoms with Gasteiger partial charge in [0.2, 0.25) is 0 Å². The number of hydrogen-bond donors (Lipinski definition) is 2. The number of carboxylic acid groups (broad SMARTS) is 1. The Morgan fingerprint density at radius 2 is 1.18 bits per heavy atom. The molecule has 3 aromatic carbocycles. The predicted molar refractivity (Wildman–Crippen MR) is 129 cm³/mol. The first-order valence-corrected chi connectivity index (χ1v) is 11.1. The molecular formula is C28H31NO4. The van der Waals surface area contributed by atoms with Gasteiger partial charge in [0.1, 0.15) is 11.6 Å². The van der Waals surface area contributed by atoms with E-state index >= 15 is 0 Å². The van der Waals surface area contributed by atoms with Crippen molar-refractivity contribution in [3.63, 3.8) is 0 Å². The topological polar surface area (TPSA) is 75.6 Å². The zero-order chi connectivity index (χ0) is 23.9. The van der Waals surface area contributed by atoms with Gasteiger partial charge in [-0.15, -0.1) is 0 Å². The van der Waals surface area contributed by atoms with Crippen LogP contribution in [0.5, 0.6) is 0 Å². The average Bonchev–Trinajstić information content (AvgIpc) is 2.80. The summed E-state index contributed by atoms with van der Waals surface area (Å²) in [4.78, 5) is 24.7. The molecule has 0 aliphatic heterocycles. The van der Waals surface area contributed by atoms with Crippen LogP contribution in [-0.2, 0) is 19.9 Å². The Balaban J connectivity index is 2.07. The summed E-state index contributed by atoms with van der Waals surface area (Å²) in [7, 11) is 0. The summed E-state index contributed by atoms with van der Waals surface area (Å²) in [6.07, 6.45) is 0.0915. The molecule has 0 amide bonds. The summed E-state index contributed by atoms with van der Waals surface area (Å²) in [6.45, 7) is 5.38. The SMILES string of the molecule is CC(C)(C)OC(=O)CC[C@H](NC(c1ccccc1)(c1ccccc1)c1ccccc1)C(=O)O. The molecule has 3 rings (SSSR count). The highest BCUT2D eigenvalue weighted by atomic mass is 16.6. The van der Waals surface area contributed by atoms with E-state index in [-0.39, 0.29) is 12.8 Å². The monoisotopic (exact) mass is 445 g/mol. The van der Waals surface area contributed by atoms with Gasteiger partial charge in [0, 0.05) is 6.42 Å². The van der Waals surface area contributed by atoms with E-state index in [0.29, 0.717) is 0 Å². The van der Waals surface area contributed by atoms with E-state index in [1.165, 1.54) is 0 Å². The molecule has 0 unspecified atom stereocenters. The number of carbonyl (C=O) groups is 2. The van der Waals surface area contributed by atoms with Crippen LogP contribution in [0.2, 0.25) is 0 Å². The Bertz CT molecular complexity index is 947. The van der Waals surface area contributed by atoms with Crippen molar-refractivity contribution >= 4 is 11.9 Å². The van der Waals surface area contributed by atoms with Crippen LogP contribution in [0.15, 0.2) is 91.0 Å². The molecule has 2 N–H and O–H groups in total. The second-order valence-corrected chi connectivity index (χ2v) is 9.01. The third-order valence-electron chi connectivity index (χ3n) is 5.37. The highest BCUT2D eigenvalue weighted by molar-refractivity contribution is 5.76. The van der Waals surface area contributed by atoms with Crippen LogP contribution in [0.3, 0.4) is 0 Å². The van der Waals surface area contributed by atoms with Crippen LogP contribution in [0.1, 0.15) is 50.3 Å². The zero-order valence-electron chi connectivity index (χ0n) is 19.3. The molecule has 5 heteroatoms. The van der Waals surface area contributed by atoms with Crippen molar-refractivity contribution in [2.75, 3.05) is 0 Å². The molecule has 33 heavy (non-hydrogen) atoms. The van der Waals surface area contributed by atoms with Gasteiger partial charge in [0.05, 0.1) is 5.54 Å². The quantitative estimate of drug-likeness (QED) is 0.352. The molecule has 0 aromatic heterocycles. The van der Waals surface area contributed by atoms with Crippen molar-refractivity contribution < 1.29 is 19.4 Å². The molecule has 0 heterocycles. The number of rotatable bonds is 9. The number of carbonyl (C=O) groups excluding carboxylic acids is 1. The first kappa shape index (κ1) is 24.2. The lowest BCUT2D eigenvalue weighted by Gasteiger charge is -2.39. The first-order valence-electron chi connectivity index (χ1n) is 11.1. The van der Waals surface area contributed by atoms with Gasteiger partial charge >= 0.3 is 11.9 Å². The predicted octanol–water partition coefficient (Wildman–Crippen LogP) is 5.14. The molecule has 0 saturated heterocycles. The van der Waals surface area contributed by atoms with E-state index in [9.17, 15) is 14.7 Å². The summed E-state index contributed by atoms with van der Waals surface area (Å²) in [6, 6.07) is 28.4. The van der Waals surface area contributed by atoms with Gasteiger partial charge < -0.3 is 9.84 Å². The smallest absolute Gasteiger partial charge is 0.320 e. The van der Waals surface area contributed by atoms with Gasteiger partial charge in [-0.2, -0.15) is 0 Å². The maximum Gasteiger partial charge on any atom is 0.320 e. The fraction of sp³-hybridized carbons (Fsp3) is 0.286. The average molecular weight is 446 g/mol. The second-order valence-electron chi connectivity index (χ2n) is 9.01. The number of hydrogen-bond acceptors (Lipinski definition) is 4. The summed E-state index contributed by atoms with van der Waals surface area (Å²) in [5.74, 6) is -1.44. The van der Waals surface area contributed by atoms with Crippen molar-refractivity contribution in [1.82, 2.24) is 5.32 Å². The van der Waals surface area contributed by atoms with Crippen LogP contribution in [0.4, 0.5) is 0 Å². The molecule has 3 aromatic rings. The van der Waals surface area contributed by atoms with E-state index in [0.717, 1.165) is 16.7 Å². The molecule has 0 fully saturated rings. The summed E-state index contributed by atoms with van der Waals surface area (Å²) in [5, 5.41) is 13.5. The minimum absolute atomic E-state index is 0.00428. The van der Waals surface area contributed by atoms with Gasteiger partial charge in [-0.3, -0.25) is 14.9 Å². The minimum atomic E-state index is -1.02. The van der Waals surface area contributed by atoms with Crippen LogP contribution in [-0.4, -0.2) is 28.7 Å². The minimum Gasteiger partial charge on any atom is -0.480 e. The molecule has 0 radical (unpaired) electrons. The van der Waals surface area contributed by atoms with Crippen molar-refractivity contribution in [3.05, 3.63) is 108 Å². The van der Waals surface area contributed by atoms with Crippen LogP contribution in [0.25, 0.3) is 0 Å². The standard InChI is InChI=1S/C28H31NO4/c1-27(2,3)33-25(30)20-19-24(26(31)32)29-28(21-13-7-4-8-14-21,22-15-9-5-10-16-22)23-17-11-6-12-18-23/h4-18,24,29H,19-20H2,1-3H3,(H,31,32)/t24-/m0/s1. The number of esters is 1. The fourth-order valence-corrected chi connectivity index (χ4v) is 3.99. The third kappa shape index (κ3) is 6.08. The van der Waals surface area contributed by atoms with Crippen molar-refractivity contribution in [3.8, 4) is 0 Å². The molecule has 0 bridgehead atoms. The molecule has 172 valence electrons. The van der Waals surface area contributed by atoms with Crippen molar-refractivity contribution in [2.45, 2.75) is 50.8 Å². The molecule has 0 aliphatic rings. The molecule has 1 atom stereocenters. The maximum absolute atomic E-state index is 12.4. The van der Waals surface area contributed by atoms with Gasteiger partial charge in [-0.1, -0.05) is 91.0 Å². The Morgan fingerprint density at radius 1 is 0.788 bits per heavy atom. The lowest BCUT2D eigenvalue weighted by molar-refractivity contribution is -0.155. The maximum atomic E-state index is 12.4. The third-order valence-corrected chi connectivity index (χ3v) is 5.37. The summed E-state index contributed by atoms with van der Waals surface area (Å²) < 4.78 is 5.39. The largest absolute Gasteiger partial charge is 0.480 e. The Kier molecular flexibility index (Phi) is 7.67. The Morgan fingerprint density at radius 3 is 1.52 bits per heavy atom. The number of carboxylic acids is 1. The van der Waals surface area contributed by atoms with Gasteiger partial charge in [0.15, 0.2) is 0 Å². The van der Waals surface area contributed by atoms with Crippen molar-refractivity contribution in [1.29, 1.82) is 0 Å². The molecular weight excluding hydrogens is 414 g/mol. The lowest BCUT2D eigenvalue weighted by atomic mass is 9.76. The number of nitrogens with one attached hydrogen (secondary N) is 1. The number of benzene rings is 3. The normalized spacial score (nSPS) is 12.7. The number of ether oxygens (including phenoxy) is 1. The molecule has 0 spiro atoms. The van der Waals surface area contributed by atoms with Crippen molar-refractivity contribution in [2.24, 2.45) is 0 Å². The molecule has 0 aliphatic carbocycles. The van der Waals surface area contributed by atoms with E-state index < -0.39 is 29.1 Å². The Hall–Kier alpha value is -3.44. The van der Waals surface area contributed by atoms with E-state index in [2.05, 4.69) is 5.32 Å². The van der Waals surface area contributed by atoms with E-state index in [4.69, 9.17) is 4.74 Å². The highest BCUT2D eigenvalue weighted by Crippen LogP contribution is 2.37. The first-order chi connectivity index (χ1) is 15.7. The Labute approximate surface area is 195 Å². The molecule has 5 nitrogen and oxygen atoms in total. The number of aliphatic carboxylic acids is 1. The van der Waals surface area contributed by atoms with Crippen LogP contribution < -0.4 is 5.32 Å². The summed E-state index contributed by atoms with van der Waals surface area (Å²) in [5.41, 5.74) is 1.18. The van der Waals surface area contributed by atoms with Gasteiger partial charge in [0.25, 0.3) is 0 Å². The van der Waals surface area contributed by atoms with E-state index in [1.807, 2.05) is 91.0 Å². The molecule has 0 saturated carbocycles. The summed E-state index contributed by atoms with van der Waals surface area (Å²) >= 11 is 0. The van der Waals surface area contributed by atoms with Gasteiger partial charge in [-0.05, 0) is 43.9 Å². The van der Waals surface area contributed by atoms with Gasteiger partial charge in [-0.25, -0.2) is 0 Å². The fourth-order valence-electron chi connectivity index (χ4n) is 3.99. The zero-order valence-corrected chi connectivity index (χ0v) is 19.3. The van der Waals surface area contributed by atoms with Crippen LogP contribution in [0, 0.1) is 0 Å². The van der Waals surface area contributed by atoms with E-state index in [1.54, 1.807) is 20.8 Å².